The Hall–Kier alpha value is -2.02. The molecule has 0 fully saturated rings. The Labute approximate surface area is 137 Å². The van der Waals surface area contributed by atoms with Crippen LogP contribution in [0.1, 0.15) is 30.2 Å². The molecule has 0 aliphatic rings. The zero-order valence-electron chi connectivity index (χ0n) is 12.4. The van der Waals surface area contributed by atoms with Gasteiger partial charge in [0.2, 0.25) is 0 Å². The maximum absolute atomic E-state index is 13.4. The molecule has 0 amide bonds. The molecule has 122 valence electrons. The predicted octanol–water partition coefficient (Wildman–Crippen LogP) is 3.77. The Bertz CT molecular complexity index is 694. The number of hydrogen-bond acceptors (Lipinski definition) is 4. The van der Waals surface area contributed by atoms with Crippen molar-refractivity contribution in [1.82, 2.24) is 5.32 Å². The summed E-state index contributed by atoms with van der Waals surface area (Å²) in [7, 11) is 0. The number of halogens is 2. The minimum Gasteiger partial charge on any atom is -0.387 e. The lowest BCUT2D eigenvalue weighted by Crippen LogP contribution is -2.24. The number of non-ortho nitro benzene ring substituents is 1. The highest BCUT2D eigenvalue weighted by molar-refractivity contribution is 6.30. The van der Waals surface area contributed by atoms with E-state index in [1.165, 1.54) is 24.3 Å². The molecule has 0 saturated heterocycles. The average Bonchev–Trinajstić information content (AvgIpc) is 2.54. The van der Waals surface area contributed by atoms with Crippen LogP contribution in [0.2, 0.25) is 5.02 Å². The van der Waals surface area contributed by atoms with Crippen molar-refractivity contribution in [2.24, 2.45) is 0 Å². The van der Waals surface area contributed by atoms with Crippen molar-refractivity contribution < 1.29 is 14.4 Å². The number of nitrogens with one attached hydrogen (secondary N) is 1. The van der Waals surface area contributed by atoms with Gasteiger partial charge in [-0.1, -0.05) is 29.8 Å². The molecule has 0 aliphatic heterocycles. The van der Waals surface area contributed by atoms with Crippen LogP contribution in [0, 0.1) is 15.9 Å². The number of nitro groups is 1. The summed E-state index contributed by atoms with van der Waals surface area (Å²) in [5.41, 5.74) is 1.30. The molecular weight excluding hydrogens is 323 g/mol. The molecule has 2 aromatic carbocycles. The lowest BCUT2D eigenvalue weighted by atomic mass is 10.1. The zero-order chi connectivity index (χ0) is 17.0. The van der Waals surface area contributed by atoms with Gasteiger partial charge >= 0.3 is 0 Å². The summed E-state index contributed by atoms with van der Waals surface area (Å²) in [5.74, 6) is -0.577. The lowest BCUT2D eigenvalue weighted by Gasteiger charge is -2.18. The van der Waals surface area contributed by atoms with Crippen molar-refractivity contribution in [3.8, 4) is 0 Å². The monoisotopic (exact) mass is 338 g/mol. The maximum Gasteiger partial charge on any atom is 0.269 e. The molecular formula is C16H16ClFN2O3. The van der Waals surface area contributed by atoms with E-state index in [4.69, 9.17) is 11.6 Å². The molecule has 2 aromatic rings. The fourth-order valence-electron chi connectivity index (χ4n) is 2.13. The van der Waals surface area contributed by atoms with Crippen LogP contribution in [0.5, 0.6) is 0 Å². The van der Waals surface area contributed by atoms with Gasteiger partial charge in [0.1, 0.15) is 5.82 Å². The Kier molecular flexibility index (Phi) is 5.65. The van der Waals surface area contributed by atoms with Crippen molar-refractivity contribution in [2.45, 2.75) is 19.1 Å². The molecule has 0 heterocycles. The van der Waals surface area contributed by atoms with Gasteiger partial charge in [0.15, 0.2) is 0 Å². The first-order valence-electron chi connectivity index (χ1n) is 6.99. The smallest absolute Gasteiger partial charge is 0.269 e. The number of aliphatic hydroxyl groups is 1. The highest BCUT2D eigenvalue weighted by Gasteiger charge is 2.13. The van der Waals surface area contributed by atoms with Crippen LogP contribution in [0.15, 0.2) is 42.5 Å². The summed E-state index contributed by atoms with van der Waals surface area (Å²) in [6, 6.07) is 10.2. The molecule has 7 heteroatoms. The van der Waals surface area contributed by atoms with Crippen LogP contribution in [0.3, 0.4) is 0 Å². The third-order valence-electron chi connectivity index (χ3n) is 3.55. The fraction of sp³-hybridized carbons (Fsp3) is 0.250. The van der Waals surface area contributed by atoms with Gasteiger partial charge < -0.3 is 10.4 Å². The van der Waals surface area contributed by atoms with E-state index >= 15 is 0 Å². The van der Waals surface area contributed by atoms with Crippen molar-refractivity contribution in [3.63, 3.8) is 0 Å². The van der Waals surface area contributed by atoms with Gasteiger partial charge in [0, 0.05) is 24.7 Å². The molecule has 0 bridgehead atoms. The summed E-state index contributed by atoms with van der Waals surface area (Å²) in [4.78, 5) is 10.2. The van der Waals surface area contributed by atoms with E-state index in [9.17, 15) is 19.6 Å². The highest BCUT2D eigenvalue weighted by atomic mass is 35.5. The standard InChI is InChI=1S/C16H16ClFN2O3/c1-10(11-2-5-13(6-3-11)20(22)23)19-9-16(21)12-4-7-14(17)15(18)8-12/h2-8,10,16,19,21H,9H2,1H3. The Balaban J connectivity index is 1.96. The van der Waals surface area contributed by atoms with Crippen LogP contribution >= 0.6 is 11.6 Å². The number of rotatable bonds is 6. The Morgan fingerprint density at radius 3 is 2.43 bits per heavy atom. The summed E-state index contributed by atoms with van der Waals surface area (Å²) in [6.45, 7) is 2.08. The van der Waals surface area contributed by atoms with Gasteiger partial charge in [0.05, 0.1) is 16.0 Å². The third kappa shape index (κ3) is 4.48. The molecule has 0 radical (unpaired) electrons. The molecule has 2 unspecified atom stereocenters. The van der Waals surface area contributed by atoms with E-state index in [1.807, 2.05) is 6.92 Å². The second-order valence-electron chi connectivity index (χ2n) is 5.17. The van der Waals surface area contributed by atoms with Crippen LogP contribution in [-0.4, -0.2) is 16.6 Å². The van der Waals surface area contributed by atoms with Gasteiger partial charge in [-0.3, -0.25) is 10.1 Å². The van der Waals surface area contributed by atoms with Crippen molar-refractivity contribution in [1.29, 1.82) is 0 Å². The van der Waals surface area contributed by atoms with E-state index in [0.29, 0.717) is 5.56 Å². The van der Waals surface area contributed by atoms with Crippen LogP contribution in [-0.2, 0) is 0 Å². The van der Waals surface area contributed by atoms with Crippen molar-refractivity contribution in [2.75, 3.05) is 6.54 Å². The minimum atomic E-state index is -0.887. The molecule has 0 spiro atoms. The second kappa shape index (κ2) is 7.50. The zero-order valence-corrected chi connectivity index (χ0v) is 13.1. The summed E-state index contributed by atoms with van der Waals surface area (Å²) in [5, 5.41) is 23.8. The van der Waals surface area contributed by atoms with Gasteiger partial charge in [-0.25, -0.2) is 4.39 Å². The normalized spacial score (nSPS) is 13.6. The summed E-state index contributed by atoms with van der Waals surface area (Å²) >= 11 is 5.61. The molecule has 0 aliphatic carbocycles. The fourth-order valence-corrected chi connectivity index (χ4v) is 2.25. The SMILES string of the molecule is CC(NCC(O)c1ccc(Cl)c(F)c1)c1ccc([N+](=O)[O-])cc1. The first-order valence-corrected chi connectivity index (χ1v) is 7.37. The largest absolute Gasteiger partial charge is 0.387 e. The van der Waals surface area contributed by atoms with Crippen LogP contribution < -0.4 is 5.32 Å². The predicted molar refractivity (Wildman–Crippen MR) is 85.9 cm³/mol. The lowest BCUT2D eigenvalue weighted by molar-refractivity contribution is -0.384. The molecule has 0 saturated carbocycles. The van der Waals surface area contributed by atoms with E-state index in [2.05, 4.69) is 5.32 Å². The van der Waals surface area contributed by atoms with Gasteiger partial charge in [-0.05, 0) is 30.2 Å². The number of benzene rings is 2. The van der Waals surface area contributed by atoms with E-state index in [0.717, 1.165) is 5.56 Å². The van der Waals surface area contributed by atoms with E-state index < -0.39 is 16.8 Å². The topological polar surface area (TPSA) is 75.4 Å². The first-order chi connectivity index (χ1) is 10.9. The second-order valence-corrected chi connectivity index (χ2v) is 5.58. The van der Waals surface area contributed by atoms with Gasteiger partial charge in [0.25, 0.3) is 5.69 Å². The molecule has 0 aromatic heterocycles. The highest BCUT2D eigenvalue weighted by Crippen LogP contribution is 2.21. The Morgan fingerprint density at radius 1 is 1.26 bits per heavy atom. The van der Waals surface area contributed by atoms with Gasteiger partial charge in [-0.2, -0.15) is 0 Å². The number of aliphatic hydroxyl groups excluding tert-OH is 1. The number of nitro benzene ring substituents is 1. The van der Waals surface area contributed by atoms with E-state index in [1.54, 1.807) is 18.2 Å². The first kappa shape index (κ1) is 17.3. The quantitative estimate of drug-likeness (QED) is 0.621. The molecule has 2 rings (SSSR count). The van der Waals surface area contributed by atoms with Crippen molar-refractivity contribution in [3.05, 3.63) is 74.5 Å². The third-order valence-corrected chi connectivity index (χ3v) is 3.86. The number of hydrogen-bond donors (Lipinski definition) is 2. The summed E-state index contributed by atoms with van der Waals surface area (Å²) < 4.78 is 13.4. The molecule has 23 heavy (non-hydrogen) atoms. The summed E-state index contributed by atoms with van der Waals surface area (Å²) in [6.07, 6.45) is -0.887. The van der Waals surface area contributed by atoms with Gasteiger partial charge in [-0.15, -0.1) is 0 Å². The molecule has 5 nitrogen and oxygen atoms in total. The van der Waals surface area contributed by atoms with Crippen molar-refractivity contribution >= 4 is 17.3 Å². The van der Waals surface area contributed by atoms with Crippen LogP contribution in [0.4, 0.5) is 10.1 Å². The maximum atomic E-state index is 13.4. The Morgan fingerprint density at radius 2 is 1.87 bits per heavy atom. The van der Waals surface area contributed by atoms with E-state index in [-0.39, 0.29) is 23.3 Å². The van der Waals surface area contributed by atoms with Crippen LogP contribution in [0.25, 0.3) is 0 Å². The number of nitrogens with zero attached hydrogens (tertiary/aromatic N) is 1. The molecule has 2 N–H and O–H groups in total. The minimum absolute atomic E-state index is 0.00755. The average molecular weight is 339 g/mol. The molecule has 2 atom stereocenters.